The van der Waals surface area contributed by atoms with Gasteiger partial charge >= 0.3 is 0 Å². The minimum atomic E-state index is -0.216. The predicted octanol–water partition coefficient (Wildman–Crippen LogP) is 4.57. The molecule has 1 aliphatic heterocycles. The summed E-state index contributed by atoms with van der Waals surface area (Å²) < 4.78 is 7.55. The molecule has 2 aliphatic rings. The lowest BCUT2D eigenvalue weighted by Crippen LogP contribution is -2.45. The molecule has 1 unspecified atom stereocenters. The molecule has 2 fully saturated rings. The lowest BCUT2D eigenvalue weighted by molar-refractivity contribution is -0.0615. The third kappa shape index (κ3) is 4.21. The van der Waals surface area contributed by atoms with E-state index < -0.39 is 0 Å². The normalized spacial score (nSPS) is 20.3. The third-order valence-corrected chi connectivity index (χ3v) is 7.16. The zero-order valence-corrected chi connectivity index (χ0v) is 19.8. The van der Waals surface area contributed by atoms with Gasteiger partial charge in [0.05, 0.1) is 28.7 Å². The lowest BCUT2D eigenvalue weighted by Gasteiger charge is -2.35. The monoisotopic (exact) mass is 451 g/mol. The molecular formula is C24H29N5O2S. The summed E-state index contributed by atoms with van der Waals surface area (Å²) in [5.41, 5.74) is 3.34. The van der Waals surface area contributed by atoms with E-state index in [-0.39, 0.29) is 17.6 Å². The average molecular weight is 452 g/mol. The Bertz CT molecular complexity index is 1160. The number of carbonyl (C=O) groups is 1. The van der Waals surface area contributed by atoms with E-state index in [9.17, 15) is 4.79 Å². The second-order valence-electron chi connectivity index (χ2n) is 9.47. The highest BCUT2D eigenvalue weighted by Crippen LogP contribution is 2.42. The van der Waals surface area contributed by atoms with E-state index in [0.29, 0.717) is 24.0 Å². The third-order valence-electron chi connectivity index (χ3n) is 6.20. The van der Waals surface area contributed by atoms with E-state index in [1.54, 1.807) is 28.4 Å². The Labute approximate surface area is 192 Å². The van der Waals surface area contributed by atoms with Crippen molar-refractivity contribution in [1.29, 1.82) is 0 Å². The van der Waals surface area contributed by atoms with E-state index >= 15 is 0 Å². The molecule has 32 heavy (non-hydrogen) atoms. The van der Waals surface area contributed by atoms with Crippen LogP contribution >= 0.6 is 11.3 Å². The Balaban J connectivity index is 1.45. The molecule has 168 valence electrons. The molecule has 1 N–H and O–H groups in total. The molecule has 5 rings (SSSR count). The van der Waals surface area contributed by atoms with E-state index in [1.165, 1.54) is 9.75 Å². The SMILES string of the molecule is Cc1cc(-c2ccnc(-n3ncc(C(=O)NC4CCOC(C)(C)C4)c3C3CC3)n2)c(C)s1. The number of thiophene rings is 1. The number of aryl methyl sites for hydroxylation is 2. The summed E-state index contributed by atoms with van der Waals surface area (Å²) in [7, 11) is 0. The number of rotatable bonds is 5. The highest BCUT2D eigenvalue weighted by Gasteiger charge is 2.35. The van der Waals surface area contributed by atoms with Gasteiger partial charge in [-0.25, -0.2) is 14.6 Å². The van der Waals surface area contributed by atoms with Crippen LogP contribution < -0.4 is 5.32 Å². The summed E-state index contributed by atoms with van der Waals surface area (Å²) in [6.07, 6.45) is 7.18. The second-order valence-corrected chi connectivity index (χ2v) is 10.9. The molecule has 1 saturated carbocycles. The number of ether oxygens (including phenoxy) is 1. The van der Waals surface area contributed by atoms with Crippen LogP contribution in [0.5, 0.6) is 0 Å². The van der Waals surface area contributed by atoms with Crippen molar-refractivity contribution in [2.24, 2.45) is 0 Å². The minimum Gasteiger partial charge on any atom is -0.375 e. The number of amides is 1. The molecule has 3 aromatic heterocycles. The number of nitrogens with one attached hydrogen (secondary N) is 1. The first-order valence-corrected chi connectivity index (χ1v) is 12.1. The number of carbonyl (C=O) groups excluding carboxylic acids is 1. The van der Waals surface area contributed by atoms with Crippen molar-refractivity contribution in [1.82, 2.24) is 25.1 Å². The standard InChI is InChI=1S/C24H29N5O2S/c1-14-11-18(15(2)32-14)20-7-9-25-23(28-20)29-21(16-5-6-16)19(13-26-29)22(30)27-17-8-10-31-24(3,4)12-17/h7,9,11,13,16-17H,5-6,8,10,12H2,1-4H3,(H,27,30). The van der Waals surface area contributed by atoms with Crippen molar-refractivity contribution in [2.75, 3.05) is 6.61 Å². The molecule has 4 heterocycles. The van der Waals surface area contributed by atoms with Crippen molar-refractivity contribution < 1.29 is 9.53 Å². The first-order chi connectivity index (χ1) is 15.3. The molecular weight excluding hydrogens is 422 g/mol. The number of aromatic nitrogens is 4. The van der Waals surface area contributed by atoms with Crippen LogP contribution in [-0.2, 0) is 4.74 Å². The van der Waals surface area contributed by atoms with E-state index in [0.717, 1.165) is 42.6 Å². The maximum absolute atomic E-state index is 13.2. The summed E-state index contributed by atoms with van der Waals surface area (Å²) in [4.78, 5) is 25.0. The topological polar surface area (TPSA) is 81.9 Å². The first kappa shape index (κ1) is 21.3. The van der Waals surface area contributed by atoms with Crippen LogP contribution in [0, 0.1) is 13.8 Å². The van der Waals surface area contributed by atoms with Crippen LogP contribution in [0.15, 0.2) is 24.5 Å². The molecule has 0 aromatic carbocycles. The van der Waals surface area contributed by atoms with Gasteiger partial charge in [-0.05, 0) is 65.5 Å². The fourth-order valence-electron chi connectivity index (χ4n) is 4.55. The van der Waals surface area contributed by atoms with Crippen molar-refractivity contribution in [3.05, 3.63) is 45.5 Å². The van der Waals surface area contributed by atoms with Crippen molar-refractivity contribution >= 4 is 17.2 Å². The Morgan fingerprint density at radius 3 is 2.78 bits per heavy atom. The quantitative estimate of drug-likeness (QED) is 0.614. The van der Waals surface area contributed by atoms with Gasteiger partial charge in [0, 0.05) is 40.1 Å². The van der Waals surface area contributed by atoms with Crippen LogP contribution in [0.4, 0.5) is 0 Å². The van der Waals surface area contributed by atoms with Crippen LogP contribution in [0.2, 0.25) is 0 Å². The second kappa shape index (κ2) is 8.08. The highest BCUT2D eigenvalue weighted by molar-refractivity contribution is 7.12. The molecule has 0 bridgehead atoms. The van der Waals surface area contributed by atoms with Gasteiger partial charge in [0.15, 0.2) is 0 Å². The van der Waals surface area contributed by atoms with Gasteiger partial charge in [0.25, 0.3) is 11.9 Å². The van der Waals surface area contributed by atoms with Crippen molar-refractivity contribution in [3.8, 4) is 17.2 Å². The Morgan fingerprint density at radius 2 is 2.09 bits per heavy atom. The molecule has 7 nitrogen and oxygen atoms in total. The molecule has 8 heteroatoms. The molecule has 1 aliphatic carbocycles. The van der Waals surface area contributed by atoms with Gasteiger partial charge in [-0.15, -0.1) is 11.3 Å². The van der Waals surface area contributed by atoms with Crippen molar-refractivity contribution in [3.63, 3.8) is 0 Å². The summed E-state index contributed by atoms with van der Waals surface area (Å²) in [5, 5.41) is 7.78. The maximum atomic E-state index is 13.2. The summed E-state index contributed by atoms with van der Waals surface area (Å²) in [6.45, 7) is 9.01. The molecule has 0 radical (unpaired) electrons. The summed E-state index contributed by atoms with van der Waals surface area (Å²) in [5.74, 6) is 0.766. The van der Waals surface area contributed by atoms with E-state index in [4.69, 9.17) is 9.72 Å². The number of nitrogens with zero attached hydrogens (tertiary/aromatic N) is 4. The Hall–Kier alpha value is -2.58. The van der Waals surface area contributed by atoms with Crippen LogP contribution in [0.3, 0.4) is 0 Å². The fourth-order valence-corrected chi connectivity index (χ4v) is 5.48. The zero-order chi connectivity index (χ0) is 22.5. The average Bonchev–Trinajstić information content (AvgIpc) is 3.38. The fraction of sp³-hybridized carbons (Fsp3) is 0.500. The van der Waals surface area contributed by atoms with Gasteiger partial charge in [-0.2, -0.15) is 5.10 Å². The zero-order valence-electron chi connectivity index (χ0n) is 19.0. The molecule has 0 spiro atoms. The number of hydrogen-bond acceptors (Lipinski definition) is 6. The Kier molecular flexibility index (Phi) is 5.37. The molecule has 1 atom stereocenters. The van der Waals surface area contributed by atoms with Gasteiger partial charge in [0.1, 0.15) is 0 Å². The highest BCUT2D eigenvalue weighted by atomic mass is 32.1. The smallest absolute Gasteiger partial charge is 0.255 e. The van der Waals surface area contributed by atoms with Gasteiger partial charge in [-0.3, -0.25) is 4.79 Å². The molecule has 1 amide bonds. The first-order valence-electron chi connectivity index (χ1n) is 11.2. The minimum absolute atomic E-state index is 0.0682. The summed E-state index contributed by atoms with van der Waals surface area (Å²) in [6, 6.07) is 4.19. The number of hydrogen-bond donors (Lipinski definition) is 1. The molecule has 1 saturated heterocycles. The van der Waals surface area contributed by atoms with Gasteiger partial charge in [0.2, 0.25) is 0 Å². The maximum Gasteiger partial charge on any atom is 0.255 e. The molecule has 3 aromatic rings. The lowest BCUT2D eigenvalue weighted by atomic mass is 9.93. The van der Waals surface area contributed by atoms with Crippen LogP contribution in [0.1, 0.15) is 71.3 Å². The van der Waals surface area contributed by atoms with Crippen LogP contribution in [0.25, 0.3) is 17.2 Å². The van der Waals surface area contributed by atoms with Gasteiger partial charge in [-0.1, -0.05) is 0 Å². The van der Waals surface area contributed by atoms with E-state index in [1.807, 2.05) is 6.07 Å². The largest absolute Gasteiger partial charge is 0.375 e. The van der Waals surface area contributed by atoms with Crippen molar-refractivity contribution in [2.45, 2.75) is 70.9 Å². The summed E-state index contributed by atoms with van der Waals surface area (Å²) >= 11 is 1.76. The van der Waals surface area contributed by atoms with E-state index in [2.05, 4.69) is 49.2 Å². The Morgan fingerprint density at radius 1 is 1.28 bits per heavy atom. The van der Waals surface area contributed by atoms with Crippen LogP contribution in [-0.4, -0.2) is 43.9 Å². The van der Waals surface area contributed by atoms with Gasteiger partial charge < -0.3 is 10.1 Å². The predicted molar refractivity (Wildman–Crippen MR) is 124 cm³/mol.